The van der Waals surface area contributed by atoms with E-state index in [0.717, 1.165) is 0 Å². The van der Waals surface area contributed by atoms with Crippen molar-refractivity contribution in [3.63, 3.8) is 0 Å². The zero-order chi connectivity index (χ0) is 16.3. The third kappa shape index (κ3) is 4.61. The molecule has 2 aromatic rings. The standard InChI is InChI=1S/C16H17Cl2N3O/c1-16(2,3)21-15(22)14-9-11(6-7-19-14)20-13-8-10(17)4-5-12(13)18/h4-9H,1-3H3,(H,19,20)(H,21,22). The smallest absolute Gasteiger partial charge is 0.270 e. The molecule has 0 aliphatic rings. The number of nitrogens with zero attached hydrogens (tertiary/aromatic N) is 1. The van der Waals surface area contributed by atoms with Gasteiger partial charge in [0.25, 0.3) is 5.91 Å². The SMILES string of the molecule is CC(C)(C)NC(=O)c1cc(Nc2cc(Cl)ccc2Cl)ccn1. The molecule has 22 heavy (non-hydrogen) atoms. The summed E-state index contributed by atoms with van der Waals surface area (Å²) in [7, 11) is 0. The molecule has 0 spiro atoms. The van der Waals surface area contributed by atoms with E-state index in [0.29, 0.717) is 27.1 Å². The summed E-state index contributed by atoms with van der Waals surface area (Å²) >= 11 is 12.1. The number of carbonyl (C=O) groups excluding carboxylic acids is 1. The topological polar surface area (TPSA) is 54.0 Å². The van der Waals surface area contributed by atoms with Crippen LogP contribution >= 0.6 is 23.2 Å². The summed E-state index contributed by atoms with van der Waals surface area (Å²) in [5.41, 5.74) is 1.39. The molecule has 0 saturated heterocycles. The van der Waals surface area contributed by atoms with Crippen molar-refractivity contribution in [1.29, 1.82) is 0 Å². The molecular weight excluding hydrogens is 321 g/mol. The number of anilines is 2. The largest absolute Gasteiger partial charge is 0.354 e. The van der Waals surface area contributed by atoms with Crippen molar-refractivity contribution in [3.8, 4) is 0 Å². The van der Waals surface area contributed by atoms with Gasteiger partial charge < -0.3 is 10.6 Å². The minimum absolute atomic E-state index is 0.228. The Hall–Kier alpha value is -1.78. The van der Waals surface area contributed by atoms with Crippen molar-refractivity contribution >= 4 is 40.5 Å². The van der Waals surface area contributed by atoms with Crippen molar-refractivity contribution in [1.82, 2.24) is 10.3 Å². The molecule has 0 aliphatic carbocycles. The molecule has 6 heteroatoms. The van der Waals surface area contributed by atoms with Gasteiger partial charge in [-0.25, -0.2) is 0 Å². The Balaban J connectivity index is 2.22. The highest BCUT2D eigenvalue weighted by Crippen LogP contribution is 2.28. The van der Waals surface area contributed by atoms with E-state index in [1.54, 1.807) is 36.5 Å². The molecular formula is C16H17Cl2N3O. The van der Waals surface area contributed by atoms with E-state index < -0.39 is 0 Å². The first-order chi connectivity index (χ1) is 10.2. The highest BCUT2D eigenvalue weighted by Gasteiger charge is 2.16. The summed E-state index contributed by atoms with van der Waals surface area (Å²) in [6.45, 7) is 5.75. The maximum Gasteiger partial charge on any atom is 0.270 e. The first kappa shape index (κ1) is 16.6. The second-order valence-electron chi connectivity index (χ2n) is 5.88. The summed E-state index contributed by atoms with van der Waals surface area (Å²) < 4.78 is 0. The molecule has 0 aliphatic heterocycles. The van der Waals surface area contributed by atoms with Crippen LogP contribution in [0.25, 0.3) is 0 Å². The van der Waals surface area contributed by atoms with Gasteiger partial charge in [0.05, 0.1) is 10.7 Å². The lowest BCUT2D eigenvalue weighted by Gasteiger charge is -2.20. The van der Waals surface area contributed by atoms with Crippen LogP contribution in [0.5, 0.6) is 0 Å². The molecule has 1 aromatic heterocycles. The zero-order valence-electron chi connectivity index (χ0n) is 12.6. The zero-order valence-corrected chi connectivity index (χ0v) is 14.1. The third-order valence-electron chi connectivity index (χ3n) is 2.69. The molecule has 1 aromatic carbocycles. The van der Waals surface area contributed by atoms with E-state index in [1.165, 1.54) is 0 Å². The van der Waals surface area contributed by atoms with Gasteiger partial charge in [-0.3, -0.25) is 9.78 Å². The van der Waals surface area contributed by atoms with E-state index >= 15 is 0 Å². The van der Waals surface area contributed by atoms with Gasteiger partial charge in [-0.05, 0) is 51.1 Å². The number of hydrogen-bond donors (Lipinski definition) is 2. The fraction of sp³-hybridized carbons (Fsp3) is 0.250. The molecule has 0 unspecified atom stereocenters. The first-order valence-corrected chi connectivity index (χ1v) is 7.51. The number of aromatic nitrogens is 1. The molecule has 116 valence electrons. The molecule has 0 atom stereocenters. The summed E-state index contributed by atoms with van der Waals surface area (Å²) in [5.74, 6) is -0.228. The maximum atomic E-state index is 12.1. The number of carbonyl (C=O) groups is 1. The first-order valence-electron chi connectivity index (χ1n) is 6.75. The molecule has 0 fully saturated rings. The third-order valence-corrected chi connectivity index (χ3v) is 3.25. The van der Waals surface area contributed by atoms with Gasteiger partial charge in [0.1, 0.15) is 5.69 Å². The lowest BCUT2D eigenvalue weighted by Crippen LogP contribution is -2.40. The monoisotopic (exact) mass is 337 g/mol. The fourth-order valence-corrected chi connectivity index (χ4v) is 2.12. The number of hydrogen-bond acceptors (Lipinski definition) is 3. The lowest BCUT2D eigenvalue weighted by molar-refractivity contribution is 0.0914. The van der Waals surface area contributed by atoms with Crippen LogP contribution in [-0.4, -0.2) is 16.4 Å². The Labute approximate surface area is 139 Å². The van der Waals surface area contributed by atoms with Gasteiger partial charge >= 0.3 is 0 Å². The highest BCUT2D eigenvalue weighted by atomic mass is 35.5. The van der Waals surface area contributed by atoms with E-state index in [1.807, 2.05) is 20.8 Å². The van der Waals surface area contributed by atoms with Crippen LogP contribution in [0.1, 0.15) is 31.3 Å². The Morgan fingerprint density at radius 3 is 2.55 bits per heavy atom. The number of rotatable bonds is 3. The van der Waals surface area contributed by atoms with Gasteiger partial charge in [0.2, 0.25) is 0 Å². The summed E-state index contributed by atoms with van der Waals surface area (Å²) in [5, 5.41) is 7.12. The molecule has 2 N–H and O–H groups in total. The second kappa shape index (κ2) is 6.55. The van der Waals surface area contributed by atoms with Gasteiger partial charge in [-0.1, -0.05) is 23.2 Å². The minimum atomic E-state index is -0.321. The van der Waals surface area contributed by atoms with Crippen LogP contribution in [0, 0.1) is 0 Å². The quantitative estimate of drug-likeness (QED) is 0.856. The van der Waals surface area contributed by atoms with Crippen molar-refractivity contribution in [2.75, 3.05) is 5.32 Å². The predicted octanol–water partition coefficient (Wildman–Crippen LogP) is 4.66. The molecule has 0 bridgehead atoms. The second-order valence-corrected chi connectivity index (χ2v) is 6.73. The molecule has 0 radical (unpaired) electrons. The number of amides is 1. The Morgan fingerprint density at radius 2 is 1.86 bits per heavy atom. The Morgan fingerprint density at radius 1 is 1.14 bits per heavy atom. The molecule has 0 saturated carbocycles. The van der Waals surface area contributed by atoms with Gasteiger partial charge in [-0.15, -0.1) is 0 Å². The number of nitrogens with one attached hydrogen (secondary N) is 2. The van der Waals surface area contributed by atoms with Crippen molar-refractivity contribution in [3.05, 3.63) is 52.3 Å². The van der Waals surface area contributed by atoms with Crippen molar-refractivity contribution in [2.45, 2.75) is 26.3 Å². The average molecular weight is 338 g/mol. The molecule has 2 rings (SSSR count). The average Bonchev–Trinajstić information content (AvgIpc) is 2.41. The summed E-state index contributed by atoms with van der Waals surface area (Å²) in [4.78, 5) is 16.2. The lowest BCUT2D eigenvalue weighted by atomic mass is 10.1. The van der Waals surface area contributed by atoms with Crippen LogP contribution in [-0.2, 0) is 0 Å². The van der Waals surface area contributed by atoms with E-state index in [-0.39, 0.29) is 11.4 Å². The van der Waals surface area contributed by atoms with Gasteiger partial charge in [-0.2, -0.15) is 0 Å². The Bertz CT molecular complexity index is 696. The minimum Gasteiger partial charge on any atom is -0.354 e. The normalized spacial score (nSPS) is 11.1. The number of benzene rings is 1. The van der Waals surface area contributed by atoms with Crippen LogP contribution in [0.15, 0.2) is 36.5 Å². The van der Waals surface area contributed by atoms with Crippen molar-refractivity contribution in [2.24, 2.45) is 0 Å². The van der Waals surface area contributed by atoms with Crippen LogP contribution in [0.3, 0.4) is 0 Å². The van der Waals surface area contributed by atoms with Crippen molar-refractivity contribution < 1.29 is 4.79 Å². The predicted molar refractivity (Wildman–Crippen MR) is 91.2 cm³/mol. The number of pyridine rings is 1. The summed E-state index contributed by atoms with van der Waals surface area (Å²) in [6, 6.07) is 8.56. The van der Waals surface area contributed by atoms with E-state index in [2.05, 4.69) is 15.6 Å². The van der Waals surface area contributed by atoms with E-state index in [9.17, 15) is 4.79 Å². The van der Waals surface area contributed by atoms with E-state index in [4.69, 9.17) is 23.2 Å². The van der Waals surface area contributed by atoms with Crippen LogP contribution in [0.4, 0.5) is 11.4 Å². The van der Waals surface area contributed by atoms with Crippen LogP contribution < -0.4 is 10.6 Å². The van der Waals surface area contributed by atoms with Gasteiger partial charge in [0.15, 0.2) is 0 Å². The van der Waals surface area contributed by atoms with Gasteiger partial charge in [0, 0.05) is 22.4 Å². The molecule has 1 amide bonds. The Kier molecular flexibility index (Phi) is 4.94. The number of halogens is 2. The van der Waals surface area contributed by atoms with Crippen LogP contribution in [0.2, 0.25) is 10.0 Å². The summed E-state index contributed by atoms with van der Waals surface area (Å²) in [6.07, 6.45) is 1.57. The molecule has 1 heterocycles. The fourth-order valence-electron chi connectivity index (χ4n) is 1.79. The maximum absolute atomic E-state index is 12.1. The molecule has 4 nitrogen and oxygen atoms in total. The highest BCUT2D eigenvalue weighted by molar-refractivity contribution is 6.35.